The molecule has 0 fully saturated rings. The molecule has 4 nitrogen and oxygen atoms in total. The molecule has 0 radical (unpaired) electrons. The van der Waals surface area contributed by atoms with Gasteiger partial charge in [-0.3, -0.25) is 4.79 Å². The number of rotatable bonds is 6. The summed E-state index contributed by atoms with van der Waals surface area (Å²) in [5.41, 5.74) is 0.750. The summed E-state index contributed by atoms with van der Waals surface area (Å²) in [4.78, 5) is 11.7. The van der Waals surface area contributed by atoms with Gasteiger partial charge in [-0.15, -0.1) is 0 Å². The van der Waals surface area contributed by atoms with Crippen LogP contribution >= 0.6 is 0 Å². The molecule has 140 valence electrons. The van der Waals surface area contributed by atoms with Crippen molar-refractivity contribution in [3.63, 3.8) is 0 Å². The Hall–Kier alpha value is -1.62. The molecule has 0 saturated heterocycles. The molecule has 0 aromatic heterocycles. The van der Waals surface area contributed by atoms with Crippen molar-refractivity contribution in [2.75, 3.05) is 6.61 Å². The minimum Gasteiger partial charge on any atom is -0.466 e. The van der Waals surface area contributed by atoms with Crippen LogP contribution in [0.4, 0.5) is 0 Å². The number of nitrogens with zero attached hydrogens (tertiary/aromatic N) is 1. The summed E-state index contributed by atoms with van der Waals surface area (Å²) in [7, 11) is -2.30. The molecule has 25 heavy (non-hydrogen) atoms. The third-order valence-electron chi connectivity index (χ3n) is 4.58. The monoisotopic (exact) mass is 362 g/mol. The lowest BCUT2D eigenvalue weighted by Crippen LogP contribution is -2.69. The molecule has 1 N–H and O–H groups in total. The van der Waals surface area contributed by atoms with Crippen LogP contribution in [0.5, 0.6) is 0 Å². The van der Waals surface area contributed by atoms with E-state index in [1.165, 1.54) is 5.19 Å². The summed E-state index contributed by atoms with van der Waals surface area (Å²) in [6.07, 6.45) is 0.217. The quantitative estimate of drug-likeness (QED) is 0.354. The molecule has 1 rings (SSSR count). The first kappa shape index (κ1) is 21.4. The second-order valence-electron chi connectivity index (χ2n) is 8.56. The third kappa shape index (κ3) is 4.94. The number of carbonyl (C=O) groups excluding carboxylic acids is 1. The fraction of sp³-hybridized carbons (Fsp3) is 0.600. The first-order valence-electron chi connectivity index (χ1n) is 8.97. The van der Waals surface area contributed by atoms with Gasteiger partial charge in [0, 0.05) is 5.71 Å². The lowest BCUT2D eigenvalue weighted by molar-refractivity contribution is -0.141. The molecule has 0 unspecified atom stereocenters. The number of hydrazone groups is 1. The molecule has 0 aliphatic carbocycles. The van der Waals surface area contributed by atoms with Crippen LogP contribution in [-0.2, 0) is 9.53 Å². The van der Waals surface area contributed by atoms with E-state index in [1.807, 2.05) is 19.9 Å². The Morgan fingerprint density at radius 1 is 1.08 bits per heavy atom. The van der Waals surface area contributed by atoms with Crippen molar-refractivity contribution < 1.29 is 9.53 Å². The van der Waals surface area contributed by atoms with E-state index in [-0.39, 0.29) is 22.5 Å². The summed E-state index contributed by atoms with van der Waals surface area (Å²) < 4.78 is 5.03. The van der Waals surface area contributed by atoms with Crippen LogP contribution in [0.25, 0.3) is 0 Å². The summed E-state index contributed by atoms with van der Waals surface area (Å²) in [6, 6.07) is 10.6. The van der Waals surface area contributed by atoms with Crippen LogP contribution in [0.2, 0.25) is 10.1 Å². The van der Waals surface area contributed by atoms with Crippen LogP contribution < -0.4 is 10.3 Å². The van der Waals surface area contributed by atoms with E-state index in [1.54, 1.807) is 0 Å². The minimum atomic E-state index is -2.30. The number of esters is 1. The van der Waals surface area contributed by atoms with Gasteiger partial charge in [0.15, 0.2) is 0 Å². The third-order valence-corrected chi connectivity index (χ3v) is 10.7. The summed E-state index contributed by atoms with van der Waals surface area (Å²) in [5, 5.41) is 9.63. The first-order valence-corrected chi connectivity index (χ1v) is 11.0. The standard InChI is InChI=1S/C20H34N2O2Si/c1-9-24-18(23)15-16(2)21-22-25(19(3,4)5,20(6,7)8)17-13-11-10-12-14-17/h10-14,22H,9,15H2,1-8H3/b21-16+. The van der Waals surface area contributed by atoms with E-state index < -0.39 is 8.24 Å². The Bertz CT molecular complexity index is 584. The fourth-order valence-electron chi connectivity index (χ4n) is 3.72. The molecule has 5 heteroatoms. The molecule has 0 heterocycles. The van der Waals surface area contributed by atoms with Crippen LogP contribution in [0.15, 0.2) is 35.4 Å². The van der Waals surface area contributed by atoms with Gasteiger partial charge >= 0.3 is 5.97 Å². The second kappa shape index (κ2) is 8.17. The minimum absolute atomic E-state index is 0.0281. The van der Waals surface area contributed by atoms with Gasteiger partial charge in [-0.25, -0.2) is 0 Å². The number of benzene rings is 1. The molecule has 0 aliphatic heterocycles. The fourth-order valence-corrected chi connectivity index (χ4v) is 9.55. The van der Waals surface area contributed by atoms with Crippen molar-refractivity contribution in [2.45, 2.75) is 71.9 Å². The molecular formula is C20H34N2O2Si. The normalized spacial score (nSPS) is 13.5. The Morgan fingerprint density at radius 2 is 1.60 bits per heavy atom. The lowest BCUT2D eigenvalue weighted by atomic mass is 10.2. The Balaban J connectivity index is 3.31. The molecule has 0 atom stereocenters. The molecule has 0 aliphatic rings. The maximum absolute atomic E-state index is 11.7. The molecule has 1 aromatic carbocycles. The van der Waals surface area contributed by atoms with Crippen LogP contribution in [0.3, 0.4) is 0 Å². The van der Waals surface area contributed by atoms with Crippen molar-refractivity contribution in [1.29, 1.82) is 0 Å². The zero-order valence-corrected chi connectivity index (χ0v) is 18.1. The Morgan fingerprint density at radius 3 is 2.04 bits per heavy atom. The summed E-state index contributed by atoms with van der Waals surface area (Å²) in [6.45, 7) is 17.8. The van der Waals surface area contributed by atoms with Gasteiger partial charge in [0.05, 0.1) is 13.0 Å². The van der Waals surface area contributed by atoms with Crippen molar-refractivity contribution in [3.8, 4) is 0 Å². The molecule has 0 spiro atoms. The van der Waals surface area contributed by atoms with Gasteiger partial charge in [0.1, 0.15) is 0 Å². The van der Waals surface area contributed by atoms with Crippen LogP contribution in [0.1, 0.15) is 61.8 Å². The van der Waals surface area contributed by atoms with Gasteiger partial charge in [-0.05, 0) is 29.1 Å². The Labute approximate surface area is 154 Å². The predicted molar refractivity (Wildman–Crippen MR) is 109 cm³/mol. The molecule has 1 aromatic rings. The van der Waals surface area contributed by atoms with E-state index in [0.717, 1.165) is 5.71 Å². The number of nitrogens with one attached hydrogen (secondary N) is 1. The molecule has 0 bridgehead atoms. The largest absolute Gasteiger partial charge is 0.466 e. The zero-order chi connectivity index (χ0) is 19.3. The maximum atomic E-state index is 11.7. The van der Waals surface area contributed by atoms with Crippen molar-refractivity contribution in [3.05, 3.63) is 30.3 Å². The van der Waals surface area contributed by atoms with E-state index in [2.05, 4.69) is 76.0 Å². The number of ether oxygens (including phenoxy) is 1. The predicted octanol–water partition coefficient (Wildman–Crippen LogP) is 4.36. The smallest absolute Gasteiger partial charge is 0.311 e. The van der Waals surface area contributed by atoms with Gasteiger partial charge in [-0.2, -0.15) is 5.10 Å². The van der Waals surface area contributed by atoms with Gasteiger partial charge in [-0.1, -0.05) is 71.9 Å². The van der Waals surface area contributed by atoms with Crippen molar-refractivity contribution in [2.24, 2.45) is 5.10 Å². The zero-order valence-electron chi connectivity index (χ0n) is 17.1. The van der Waals surface area contributed by atoms with E-state index in [9.17, 15) is 4.79 Å². The average Bonchev–Trinajstić information content (AvgIpc) is 2.46. The van der Waals surface area contributed by atoms with Crippen LogP contribution in [0, 0.1) is 0 Å². The number of hydrogen-bond donors (Lipinski definition) is 1. The lowest BCUT2D eigenvalue weighted by Gasteiger charge is -2.51. The second-order valence-corrected chi connectivity index (χ2v) is 13.9. The highest BCUT2D eigenvalue weighted by Crippen LogP contribution is 2.48. The number of hydrogen-bond acceptors (Lipinski definition) is 4. The van der Waals surface area contributed by atoms with Crippen molar-refractivity contribution >= 4 is 25.1 Å². The Kier molecular flexibility index (Phi) is 7.00. The molecular weight excluding hydrogens is 328 g/mol. The van der Waals surface area contributed by atoms with E-state index in [4.69, 9.17) is 4.74 Å². The van der Waals surface area contributed by atoms with Gasteiger partial charge in [0.25, 0.3) is 0 Å². The molecule has 0 amide bonds. The maximum Gasteiger partial charge on any atom is 0.311 e. The SMILES string of the molecule is CCOC(=O)C/C(C)=N/N[Si](c1ccccc1)(C(C)(C)C)C(C)(C)C. The van der Waals surface area contributed by atoms with E-state index >= 15 is 0 Å². The summed E-state index contributed by atoms with van der Waals surface area (Å²) in [5.74, 6) is -0.232. The average molecular weight is 363 g/mol. The molecule has 0 saturated carbocycles. The first-order chi connectivity index (χ1) is 11.5. The highest BCUT2D eigenvalue weighted by atomic mass is 28.3. The summed E-state index contributed by atoms with van der Waals surface area (Å²) >= 11 is 0. The highest BCUT2D eigenvalue weighted by molar-refractivity contribution is 6.94. The van der Waals surface area contributed by atoms with E-state index in [0.29, 0.717) is 6.61 Å². The highest BCUT2D eigenvalue weighted by Gasteiger charge is 2.55. The van der Waals surface area contributed by atoms with Crippen LogP contribution in [-0.4, -0.2) is 26.5 Å². The topological polar surface area (TPSA) is 50.7 Å². The number of carbonyl (C=O) groups is 1. The van der Waals surface area contributed by atoms with Gasteiger partial charge < -0.3 is 9.83 Å². The van der Waals surface area contributed by atoms with Gasteiger partial charge in [0.2, 0.25) is 8.24 Å². The van der Waals surface area contributed by atoms with Crippen molar-refractivity contribution in [1.82, 2.24) is 5.09 Å².